The summed E-state index contributed by atoms with van der Waals surface area (Å²) < 4.78 is 13.9. The van der Waals surface area contributed by atoms with Crippen molar-refractivity contribution < 1.29 is 14.0 Å². The summed E-state index contributed by atoms with van der Waals surface area (Å²) >= 11 is 0. The van der Waals surface area contributed by atoms with Gasteiger partial charge in [0.1, 0.15) is 5.82 Å². The van der Waals surface area contributed by atoms with E-state index in [0.717, 1.165) is 32.2 Å². The van der Waals surface area contributed by atoms with Gasteiger partial charge in [0, 0.05) is 25.6 Å². The third kappa shape index (κ3) is 3.09. The SMILES string of the molecule is CCC1CCCCN1C(=O)C1CC(=O)N(c2ccccc2F)C1. The Kier molecular flexibility index (Phi) is 4.64. The molecule has 4 nitrogen and oxygen atoms in total. The number of hydrogen-bond acceptors (Lipinski definition) is 2. The maximum Gasteiger partial charge on any atom is 0.228 e. The van der Waals surface area contributed by atoms with Crippen LogP contribution in [0.5, 0.6) is 0 Å². The van der Waals surface area contributed by atoms with Crippen LogP contribution in [0.25, 0.3) is 0 Å². The minimum absolute atomic E-state index is 0.0590. The molecule has 0 N–H and O–H groups in total. The highest BCUT2D eigenvalue weighted by Crippen LogP contribution is 2.30. The molecule has 0 aromatic heterocycles. The number of rotatable bonds is 3. The average molecular weight is 318 g/mol. The van der Waals surface area contributed by atoms with Crippen LogP contribution in [0.15, 0.2) is 24.3 Å². The number of hydrogen-bond donors (Lipinski definition) is 0. The first kappa shape index (κ1) is 16.0. The van der Waals surface area contributed by atoms with Crippen molar-refractivity contribution in [2.45, 2.75) is 45.1 Å². The lowest BCUT2D eigenvalue weighted by Crippen LogP contribution is -2.46. The summed E-state index contributed by atoms with van der Waals surface area (Å²) in [5.41, 5.74) is 0.276. The maximum atomic E-state index is 13.9. The zero-order valence-corrected chi connectivity index (χ0v) is 13.5. The molecule has 0 saturated carbocycles. The number of anilines is 1. The Morgan fingerprint density at radius 1 is 1.30 bits per heavy atom. The number of piperidine rings is 1. The smallest absolute Gasteiger partial charge is 0.228 e. The van der Waals surface area contributed by atoms with E-state index in [1.165, 1.54) is 11.0 Å². The molecule has 0 spiro atoms. The van der Waals surface area contributed by atoms with E-state index in [1.807, 2.05) is 4.90 Å². The summed E-state index contributed by atoms with van der Waals surface area (Å²) in [5.74, 6) is -0.880. The van der Waals surface area contributed by atoms with Gasteiger partial charge in [0.05, 0.1) is 11.6 Å². The molecule has 23 heavy (non-hydrogen) atoms. The number of likely N-dealkylation sites (tertiary alicyclic amines) is 1. The molecule has 124 valence electrons. The highest BCUT2D eigenvalue weighted by atomic mass is 19.1. The molecule has 2 unspecified atom stereocenters. The Labute approximate surface area is 136 Å². The van der Waals surface area contributed by atoms with Gasteiger partial charge in [-0.3, -0.25) is 9.59 Å². The highest BCUT2D eigenvalue weighted by molar-refractivity contribution is 6.00. The van der Waals surface area contributed by atoms with Crippen molar-refractivity contribution in [1.82, 2.24) is 4.90 Å². The van der Waals surface area contributed by atoms with Crippen LogP contribution in [0.4, 0.5) is 10.1 Å². The van der Waals surface area contributed by atoms with Gasteiger partial charge in [-0.05, 0) is 37.8 Å². The number of carbonyl (C=O) groups is 2. The van der Waals surface area contributed by atoms with Crippen LogP contribution >= 0.6 is 0 Å². The normalized spacial score (nSPS) is 25.0. The van der Waals surface area contributed by atoms with Crippen LogP contribution < -0.4 is 4.90 Å². The van der Waals surface area contributed by atoms with E-state index >= 15 is 0 Å². The lowest BCUT2D eigenvalue weighted by atomic mass is 9.97. The molecule has 2 saturated heterocycles. The molecule has 0 aliphatic carbocycles. The van der Waals surface area contributed by atoms with Gasteiger partial charge >= 0.3 is 0 Å². The van der Waals surface area contributed by atoms with Crippen molar-refractivity contribution in [3.05, 3.63) is 30.1 Å². The number of benzene rings is 1. The molecule has 2 atom stereocenters. The zero-order chi connectivity index (χ0) is 16.4. The predicted molar refractivity (Wildman–Crippen MR) is 86.5 cm³/mol. The second kappa shape index (κ2) is 6.69. The topological polar surface area (TPSA) is 40.6 Å². The first-order valence-electron chi connectivity index (χ1n) is 8.47. The van der Waals surface area contributed by atoms with Crippen LogP contribution in [-0.2, 0) is 9.59 Å². The summed E-state index contributed by atoms with van der Waals surface area (Å²) in [6, 6.07) is 6.53. The lowest BCUT2D eigenvalue weighted by Gasteiger charge is -2.36. The Morgan fingerprint density at radius 3 is 2.83 bits per heavy atom. The van der Waals surface area contributed by atoms with Gasteiger partial charge in [-0.25, -0.2) is 4.39 Å². The third-order valence-corrected chi connectivity index (χ3v) is 5.00. The lowest BCUT2D eigenvalue weighted by molar-refractivity contribution is -0.139. The van der Waals surface area contributed by atoms with Gasteiger partial charge in [-0.2, -0.15) is 0 Å². The van der Waals surface area contributed by atoms with Crippen LogP contribution in [-0.4, -0.2) is 35.8 Å². The molecule has 2 aliphatic rings. The molecule has 1 aromatic carbocycles. The number of para-hydroxylation sites is 1. The summed E-state index contributed by atoms with van der Waals surface area (Å²) in [7, 11) is 0. The second-order valence-electron chi connectivity index (χ2n) is 6.45. The van der Waals surface area contributed by atoms with Crippen LogP contribution in [0.1, 0.15) is 39.0 Å². The molecule has 1 aromatic rings. The Morgan fingerprint density at radius 2 is 2.09 bits per heavy atom. The summed E-state index contributed by atoms with van der Waals surface area (Å²) in [6.07, 6.45) is 4.36. The zero-order valence-electron chi connectivity index (χ0n) is 13.5. The van der Waals surface area contributed by atoms with E-state index in [2.05, 4.69) is 6.92 Å². The standard InChI is InChI=1S/C18H23FN2O2/c1-2-14-7-5-6-10-20(14)18(23)13-11-17(22)21(12-13)16-9-4-3-8-15(16)19/h3-4,8-9,13-14H,2,5-7,10-12H2,1H3. The van der Waals surface area contributed by atoms with Crippen molar-refractivity contribution in [2.75, 3.05) is 18.0 Å². The first-order valence-corrected chi connectivity index (χ1v) is 8.47. The van der Waals surface area contributed by atoms with E-state index in [-0.39, 0.29) is 42.4 Å². The summed E-state index contributed by atoms with van der Waals surface area (Å²) in [4.78, 5) is 28.5. The van der Waals surface area contributed by atoms with Crippen molar-refractivity contribution >= 4 is 17.5 Å². The Balaban J connectivity index is 1.74. The summed E-state index contributed by atoms with van der Waals surface area (Å²) in [6.45, 7) is 3.16. The molecular weight excluding hydrogens is 295 g/mol. The monoisotopic (exact) mass is 318 g/mol. The fourth-order valence-corrected chi connectivity index (χ4v) is 3.73. The van der Waals surface area contributed by atoms with Gasteiger partial charge < -0.3 is 9.80 Å². The van der Waals surface area contributed by atoms with E-state index in [9.17, 15) is 14.0 Å². The number of carbonyl (C=O) groups excluding carboxylic acids is 2. The van der Waals surface area contributed by atoms with Gasteiger partial charge in [-0.15, -0.1) is 0 Å². The maximum absolute atomic E-state index is 13.9. The van der Waals surface area contributed by atoms with E-state index < -0.39 is 5.82 Å². The van der Waals surface area contributed by atoms with E-state index in [1.54, 1.807) is 18.2 Å². The summed E-state index contributed by atoms with van der Waals surface area (Å²) in [5, 5.41) is 0. The van der Waals surface area contributed by atoms with Crippen molar-refractivity contribution in [3.63, 3.8) is 0 Å². The molecule has 2 aliphatic heterocycles. The molecule has 2 fully saturated rings. The predicted octanol–water partition coefficient (Wildman–Crippen LogP) is 2.97. The molecular formula is C18H23FN2O2. The van der Waals surface area contributed by atoms with Crippen molar-refractivity contribution in [3.8, 4) is 0 Å². The van der Waals surface area contributed by atoms with E-state index in [0.29, 0.717) is 0 Å². The van der Waals surface area contributed by atoms with Crippen molar-refractivity contribution in [2.24, 2.45) is 5.92 Å². The fraction of sp³-hybridized carbons (Fsp3) is 0.556. The Hall–Kier alpha value is -1.91. The van der Waals surface area contributed by atoms with Gasteiger partial charge in [0.2, 0.25) is 11.8 Å². The molecule has 0 bridgehead atoms. The number of amides is 2. The molecule has 2 heterocycles. The fourth-order valence-electron chi connectivity index (χ4n) is 3.73. The highest BCUT2D eigenvalue weighted by Gasteiger charge is 2.39. The molecule has 5 heteroatoms. The van der Waals surface area contributed by atoms with Crippen LogP contribution in [0.3, 0.4) is 0 Å². The van der Waals surface area contributed by atoms with E-state index in [4.69, 9.17) is 0 Å². The van der Waals surface area contributed by atoms with Crippen molar-refractivity contribution in [1.29, 1.82) is 0 Å². The Bertz CT molecular complexity index is 604. The minimum atomic E-state index is -0.418. The largest absolute Gasteiger partial charge is 0.339 e. The average Bonchev–Trinajstić information content (AvgIpc) is 2.96. The second-order valence-corrected chi connectivity index (χ2v) is 6.45. The third-order valence-electron chi connectivity index (χ3n) is 5.00. The van der Waals surface area contributed by atoms with Crippen LogP contribution in [0.2, 0.25) is 0 Å². The minimum Gasteiger partial charge on any atom is -0.339 e. The van der Waals surface area contributed by atoms with Crippen LogP contribution in [0, 0.1) is 11.7 Å². The molecule has 0 radical (unpaired) electrons. The van der Waals surface area contributed by atoms with Gasteiger partial charge in [-0.1, -0.05) is 19.1 Å². The first-order chi connectivity index (χ1) is 11.1. The van der Waals surface area contributed by atoms with Gasteiger partial charge in [0.15, 0.2) is 0 Å². The quantitative estimate of drug-likeness (QED) is 0.859. The van der Waals surface area contributed by atoms with Gasteiger partial charge in [0.25, 0.3) is 0 Å². The number of halogens is 1. The molecule has 3 rings (SSSR count). The number of nitrogens with zero attached hydrogens (tertiary/aromatic N) is 2. The molecule has 2 amide bonds.